The van der Waals surface area contributed by atoms with Crippen molar-refractivity contribution in [2.24, 2.45) is 11.8 Å². The van der Waals surface area contributed by atoms with Gasteiger partial charge in [-0.15, -0.1) is 0 Å². The third kappa shape index (κ3) is 0.664. The number of carbonyl (C=O) groups is 1. The Balaban J connectivity index is 2.34. The number of rotatable bonds is 0. The molecule has 1 nitrogen and oxygen atoms in total. The fourth-order valence-corrected chi connectivity index (χ4v) is 2.09. The maximum atomic E-state index is 11.4. The molecule has 0 unspecified atom stereocenters. The summed E-state index contributed by atoms with van der Waals surface area (Å²) in [7, 11) is 0. The Morgan fingerprint density at radius 2 is 2.30 bits per heavy atom. The van der Waals surface area contributed by atoms with Crippen LogP contribution in [0.15, 0.2) is 11.6 Å². The Morgan fingerprint density at radius 3 is 3.00 bits per heavy atom. The first-order valence-electron chi connectivity index (χ1n) is 3.99. The van der Waals surface area contributed by atoms with Crippen LogP contribution in [0.5, 0.6) is 0 Å². The summed E-state index contributed by atoms with van der Waals surface area (Å²) < 4.78 is 0. The van der Waals surface area contributed by atoms with Crippen LogP contribution >= 0.6 is 0 Å². The van der Waals surface area contributed by atoms with Crippen LogP contribution < -0.4 is 0 Å². The Bertz CT molecular complexity index is 203. The van der Waals surface area contributed by atoms with Gasteiger partial charge in [0.2, 0.25) is 0 Å². The van der Waals surface area contributed by atoms with E-state index >= 15 is 0 Å². The molecule has 1 heteroatoms. The van der Waals surface area contributed by atoms with Crippen molar-refractivity contribution >= 4 is 5.78 Å². The van der Waals surface area contributed by atoms with Gasteiger partial charge in [0.05, 0.1) is 0 Å². The molecule has 2 aliphatic rings. The van der Waals surface area contributed by atoms with Gasteiger partial charge in [-0.2, -0.15) is 0 Å². The average Bonchev–Trinajstić information content (AvgIpc) is 2.13. The predicted octanol–water partition coefficient (Wildman–Crippen LogP) is 1.93. The van der Waals surface area contributed by atoms with Gasteiger partial charge in [-0.3, -0.25) is 4.79 Å². The van der Waals surface area contributed by atoms with Crippen LogP contribution in [0.2, 0.25) is 0 Å². The largest absolute Gasteiger partial charge is 0.299 e. The third-order valence-electron chi connectivity index (χ3n) is 2.82. The summed E-state index contributed by atoms with van der Waals surface area (Å²) in [6.07, 6.45) is 5.51. The van der Waals surface area contributed by atoms with Crippen molar-refractivity contribution in [1.29, 1.82) is 0 Å². The molecule has 0 aromatic rings. The lowest BCUT2D eigenvalue weighted by Crippen LogP contribution is -2.18. The van der Waals surface area contributed by atoms with E-state index in [-0.39, 0.29) is 0 Å². The highest BCUT2D eigenvalue weighted by molar-refractivity contribution is 5.89. The minimum atomic E-state index is 0.318. The number of fused-ring (bicyclic) bond motifs is 2. The van der Waals surface area contributed by atoms with Gasteiger partial charge in [0.1, 0.15) is 5.78 Å². The van der Waals surface area contributed by atoms with Gasteiger partial charge in [-0.1, -0.05) is 11.6 Å². The van der Waals surface area contributed by atoms with Crippen molar-refractivity contribution in [3.05, 3.63) is 11.6 Å². The lowest BCUT2D eigenvalue weighted by atomic mass is 9.88. The highest BCUT2D eigenvalue weighted by atomic mass is 16.1. The van der Waals surface area contributed by atoms with E-state index in [1.807, 2.05) is 0 Å². The zero-order chi connectivity index (χ0) is 7.14. The van der Waals surface area contributed by atoms with E-state index in [1.54, 1.807) is 0 Å². The molecule has 0 aromatic carbocycles. The summed E-state index contributed by atoms with van der Waals surface area (Å²) >= 11 is 0. The van der Waals surface area contributed by atoms with Crippen LogP contribution in [0.25, 0.3) is 0 Å². The van der Waals surface area contributed by atoms with Gasteiger partial charge in [0.25, 0.3) is 0 Å². The van der Waals surface area contributed by atoms with Crippen LogP contribution in [0.1, 0.15) is 26.2 Å². The fraction of sp³-hybridized carbons (Fsp3) is 0.667. The normalized spacial score (nSPS) is 38.1. The second-order valence-corrected chi connectivity index (χ2v) is 3.41. The molecule has 0 heterocycles. The number of Topliss-reactive ketones (excluding diaryl/α,β-unsaturated/α-hetero) is 1. The Kier molecular flexibility index (Phi) is 1.19. The van der Waals surface area contributed by atoms with E-state index in [0.29, 0.717) is 17.6 Å². The van der Waals surface area contributed by atoms with Crippen LogP contribution in [0.3, 0.4) is 0 Å². The number of hydrogen-bond donors (Lipinski definition) is 0. The van der Waals surface area contributed by atoms with E-state index in [1.165, 1.54) is 5.57 Å². The average molecular weight is 136 g/mol. The second kappa shape index (κ2) is 1.94. The predicted molar refractivity (Wildman–Crippen MR) is 39.6 cm³/mol. The van der Waals surface area contributed by atoms with Gasteiger partial charge in [-0.25, -0.2) is 0 Å². The van der Waals surface area contributed by atoms with E-state index in [0.717, 1.165) is 19.3 Å². The van der Waals surface area contributed by atoms with E-state index in [4.69, 9.17) is 0 Å². The molecule has 2 aliphatic carbocycles. The number of ketones is 1. The number of carbonyl (C=O) groups excluding carboxylic acids is 1. The first kappa shape index (κ1) is 6.14. The van der Waals surface area contributed by atoms with Gasteiger partial charge in [0.15, 0.2) is 0 Å². The lowest BCUT2D eigenvalue weighted by Gasteiger charge is -2.15. The first-order valence-corrected chi connectivity index (χ1v) is 3.99. The topological polar surface area (TPSA) is 17.1 Å². The van der Waals surface area contributed by atoms with Crippen LogP contribution in [0, 0.1) is 11.8 Å². The molecule has 2 bridgehead atoms. The van der Waals surface area contributed by atoms with Crippen molar-refractivity contribution in [3.8, 4) is 0 Å². The summed E-state index contributed by atoms with van der Waals surface area (Å²) in [4.78, 5) is 11.4. The Hall–Kier alpha value is -0.590. The molecule has 1 fully saturated rings. The first-order chi connectivity index (χ1) is 4.79. The van der Waals surface area contributed by atoms with Crippen LogP contribution in [-0.2, 0) is 4.79 Å². The monoisotopic (exact) mass is 136 g/mol. The molecule has 0 amide bonds. The maximum absolute atomic E-state index is 11.4. The highest BCUT2D eigenvalue weighted by Crippen LogP contribution is 2.38. The zero-order valence-electron chi connectivity index (χ0n) is 6.26. The quantitative estimate of drug-likeness (QED) is 0.465. The summed E-state index contributed by atoms with van der Waals surface area (Å²) in [5.41, 5.74) is 1.32. The fourth-order valence-electron chi connectivity index (χ4n) is 2.09. The van der Waals surface area contributed by atoms with E-state index < -0.39 is 0 Å². The maximum Gasteiger partial charge on any atom is 0.143 e. The van der Waals surface area contributed by atoms with E-state index in [2.05, 4.69) is 13.0 Å². The minimum Gasteiger partial charge on any atom is -0.299 e. The summed E-state index contributed by atoms with van der Waals surface area (Å²) in [6.45, 7) is 2.09. The lowest BCUT2D eigenvalue weighted by molar-refractivity contribution is -0.123. The highest BCUT2D eigenvalue weighted by Gasteiger charge is 2.36. The van der Waals surface area contributed by atoms with Crippen molar-refractivity contribution in [3.63, 3.8) is 0 Å². The number of allylic oxidation sites excluding steroid dienone is 2. The molecule has 54 valence electrons. The molecular weight excluding hydrogens is 124 g/mol. The van der Waals surface area contributed by atoms with Gasteiger partial charge in [0, 0.05) is 11.8 Å². The molecule has 2 rings (SSSR count). The van der Waals surface area contributed by atoms with E-state index in [9.17, 15) is 4.79 Å². The molecule has 0 aliphatic heterocycles. The SMILES string of the molecule is CC1=CC[C@H]2CC[C@@H]1C2=O. The smallest absolute Gasteiger partial charge is 0.143 e. The molecular formula is C9H12O. The molecule has 0 saturated heterocycles. The van der Waals surface area contributed by atoms with Crippen LogP contribution in [-0.4, -0.2) is 5.78 Å². The molecule has 10 heavy (non-hydrogen) atoms. The second-order valence-electron chi connectivity index (χ2n) is 3.41. The Morgan fingerprint density at radius 1 is 1.50 bits per heavy atom. The molecule has 0 radical (unpaired) electrons. The van der Waals surface area contributed by atoms with Gasteiger partial charge < -0.3 is 0 Å². The molecule has 0 spiro atoms. The zero-order valence-corrected chi connectivity index (χ0v) is 6.26. The van der Waals surface area contributed by atoms with Crippen molar-refractivity contribution < 1.29 is 4.79 Å². The summed E-state index contributed by atoms with van der Waals surface area (Å²) in [5.74, 6) is 1.23. The summed E-state index contributed by atoms with van der Waals surface area (Å²) in [5, 5.41) is 0. The molecule has 2 atom stereocenters. The van der Waals surface area contributed by atoms with Crippen molar-refractivity contribution in [2.75, 3.05) is 0 Å². The van der Waals surface area contributed by atoms with Crippen molar-refractivity contribution in [1.82, 2.24) is 0 Å². The molecule has 0 N–H and O–H groups in total. The minimum absolute atomic E-state index is 0.318. The standard InChI is InChI=1S/C9H12O/c1-6-2-3-7-4-5-8(6)9(7)10/h2,7-8H,3-5H2,1H3/t7-,8-/m0/s1. The molecule has 0 aromatic heterocycles. The molecule has 1 saturated carbocycles. The van der Waals surface area contributed by atoms with Crippen molar-refractivity contribution in [2.45, 2.75) is 26.2 Å². The summed E-state index contributed by atoms with van der Waals surface area (Å²) in [6, 6.07) is 0. The Labute approximate surface area is 61.1 Å². The number of hydrogen-bond acceptors (Lipinski definition) is 1. The van der Waals surface area contributed by atoms with Crippen LogP contribution in [0.4, 0.5) is 0 Å². The third-order valence-corrected chi connectivity index (χ3v) is 2.82. The van der Waals surface area contributed by atoms with Gasteiger partial charge >= 0.3 is 0 Å². The van der Waals surface area contributed by atoms with Gasteiger partial charge in [-0.05, 0) is 26.2 Å².